The molecule has 1 N–H and O–H groups in total. The van der Waals surface area contributed by atoms with Gasteiger partial charge in [0.1, 0.15) is 0 Å². The fraction of sp³-hybridized carbons (Fsp3) is 0.368. The summed E-state index contributed by atoms with van der Waals surface area (Å²) < 4.78 is 11.3. The van der Waals surface area contributed by atoms with Gasteiger partial charge >= 0.3 is 0 Å². The minimum absolute atomic E-state index is 0. The SMILES string of the molecule is COc1cc(CNC(C)C)ccc1OCCc1ccccc1.Cl. The summed E-state index contributed by atoms with van der Waals surface area (Å²) in [5, 5.41) is 3.40. The number of rotatable bonds is 8. The van der Waals surface area contributed by atoms with E-state index in [9.17, 15) is 0 Å². The maximum absolute atomic E-state index is 5.87. The predicted molar refractivity (Wildman–Crippen MR) is 97.9 cm³/mol. The van der Waals surface area contributed by atoms with Gasteiger partial charge in [-0.15, -0.1) is 12.4 Å². The van der Waals surface area contributed by atoms with Crippen molar-refractivity contribution >= 4 is 12.4 Å². The second-order valence-electron chi connectivity index (χ2n) is 5.60. The molecule has 0 saturated carbocycles. The van der Waals surface area contributed by atoms with Gasteiger partial charge in [0, 0.05) is 19.0 Å². The van der Waals surface area contributed by atoms with Crippen LogP contribution in [0.4, 0.5) is 0 Å². The first-order valence-electron chi connectivity index (χ1n) is 7.76. The van der Waals surface area contributed by atoms with Crippen LogP contribution in [0.25, 0.3) is 0 Å². The summed E-state index contributed by atoms with van der Waals surface area (Å²) in [6.45, 7) is 5.75. The van der Waals surface area contributed by atoms with Gasteiger partial charge in [-0.25, -0.2) is 0 Å². The zero-order valence-corrected chi connectivity index (χ0v) is 14.9. The molecule has 3 nitrogen and oxygen atoms in total. The number of benzene rings is 2. The molecule has 0 aromatic heterocycles. The fourth-order valence-electron chi connectivity index (χ4n) is 2.19. The van der Waals surface area contributed by atoms with Gasteiger partial charge in [-0.3, -0.25) is 0 Å². The van der Waals surface area contributed by atoms with Gasteiger partial charge in [0.2, 0.25) is 0 Å². The molecule has 23 heavy (non-hydrogen) atoms. The zero-order valence-electron chi connectivity index (χ0n) is 14.0. The molecule has 0 aliphatic carbocycles. The van der Waals surface area contributed by atoms with Crippen LogP contribution in [-0.4, -0.2) is 19.8 Å². The van der Waals surface area contributed by atoms with Crippen molar-refractivity contribution in [3.63, 3.8) is 0 Å². The first-order chi connectivity index (χ1) is 10.7. The highest BCUT2D eigenvalue weighted by molar-refractivity contribution is 5.85. The van der Waals surface area contributed by atoms with Gasteiger partial charge in [0.25, 0.3) is 0 Å². The van der Waals surface area contributed by atoms with E-state index in [-0.39, 0.29) is 12.4 Å². The Labute approximate surface area is 145 Å². The van der Waals surface area contributed by atoms with Gasteiger partial charge in [0.15, 0.2) is 11.5 Å². The van der Waals surface area contributed by atoms with Gasteiger partial charge in [-0.05, 0) is 23.3 Å². The highest BCUT2D eigenvalue weighted by atomic mass is 35.5. The van der Waals surface area contributed by atoms with E-state index in [2.05, 4.69) is 37.4 Å². The minimum atomic E-state index is 0. The monoisotopic (exact) mass is 335 g/mol. The lowest BCUT2D eigenvalue weighted by Crippen LogP contribution is -2.21. The highest BCUT2D eigenvalue weighted by Crippen LogP contribution is 2.28. The first-order valence-corrected chi connectivity index (χ1v) is 7.76. The van der Waals surface area contributed by atoms with E-state index in [1.165, 1.54) is 11.1 Å². The summed E-state index contributed by atoms with van der Waals surface area (Å²) in [6, 6.07) is 16.9. The summed E-state index contributed by atoms with van der Waals surface area (Å²) in [4.78, 5) is 0. The zero-order chi connectivity index (χ0) is 15.8. The van der Waals surface area contributed by atoms with Crippen molar-refractivity contribution in [2.45, 2.75) is 32.9 Å². The Balaban J connectivity index is 0.00000264. The van der Waals surface area contributed by atoms with E-state index in [0.717, 1.165) is 24.5 Å². The number of hydrogen-bond donors (Lipinski definition) is 1. The summed E-state index contributed by atoms with van der Waals surface area (Å²) >= 11 is 0. The number of methoxy groups -OCH3 is 1. The van der Waals surface area contributed by atoms with Crippen LogP contribution in [0.5, 0.6) is 11.5 Å². The highest BCUT2D eigenvalue weighted by Gasteiger charge is 2.06. The number of ether oxygens (including phenoxy) is 2. The summed E-state index contributed by atoms with van der Waals surface area (Å²) in [7, 11) is 1.68. The van der Waals surface area contributed by atoms with Crippen molar-refractivity contribution in [2.24, 2.45) is 0 Å². The van der Waals surface area contributed by atoms with Crippen LogP contribution >= 0.6 is 12.4 Å². The maximum atomic E-state index is 5.87. The number of halogens is 1. The molecule has 2 aromatic carbocycles. The quantitative estimate of drug-likeness (QED) is 0.782. The van der Waals surface area contributed by atoms with Crippen molar-refractivity contribution in [3.8, 4) is 11.5 Å². The van der Waals surface area contributed by atoms with Crippen molar-refractivity contribution in [1.82, 2.24) is 5.32 Å². The van der Waals surface area contributed by atoms with Gasteiger partial charge in [0.05, 0.1) is 13.7 Å². The standard InChI is InChI=1S/C19H25NO2.ClH/c1-15(2)20-14-17-9-10-18(19(13-17)21-3)22-12-11-16-7-5-4-6-8-16;/h4-10,13,15,20H,11-12,14H2,1-3H3;1H. The lowest BCUT2D eigenvalue weighted by Gasteiger charge is -2.13. The predicted octanol–water partition coefficient (Wildman–Crippen LogP) is 4.24. The Morgan fingerprint density at radius 3 is 2.35 bits per heavy atom. The molecule has 0 bridgehead atoms. The van der Waals surface area contributed by atoms with E-state index >= 15 is 0 Å². The average molecular weight is 336 g/mol. The molecule has 0 amide bonds. The van der Waals surface area contributed by atoms with Gasteiger partial charge in [-0.2, -0.15) is 0 Å². The lowest BCUT2D eigenvalue weighted by molar-refractivity contribution is 0.297. The summed E-state index contributed by atoms with van der Waals surface area (Å²) in [5.74, 6) is 1.59. The molecule has 0 spiro atoms. The Kier molecular flexibility index (Phi) is 8.52. The molecular formula is C19H26ClNO2. The maximum Gasteiger partial charge on any atom is 0.161 e. The van der Waals surface area contributed by atoms with Crippen LogP contribution in [0.2, 0.25) is 0 Å². The van der Waals surface area contributed by atoms with Crippen LogP contribution in [0.1, 0.15) is 25.0 Å². The molecule has 2 rings (SSSR count). The second kappa shape index (κ2) is 10.1. The Morgan fingerprint density at radius 2 is 1.70 bits per heavy atom. The minimum Gasteiger partial charge on any atom is -0.493 e. The Hall–Kier alpha value is -1.71. The third-order valence-electron chi connectivity index (χ3n) is 3.43. The molecule has 0 aliphatic rings. The van der Waals surface area contributed by atoms with Crippen molar-refractivity contribution < 1.29 is 9.47 Å². The molecule has 0 unspecified atom stereocenters. The van der Waals surface area contributed by atoms with Crippen LogP contribution in [0.15, 0.2) is 48.5 Å². The van der Waals surface area contributed by atoms with Crippen molar-refractivity contribution in [2.75, 3.05) is 13.7 Å². The van der Waals surface area contributed by atoms with Crippen molar-refractivity contribution in [1.29, 1.82) is 0 Å². The summed E-state index contributed by atoms with van der Waals surface area (Å²) in [6.07, 6.45) is 0.890. The van der Waals surface area contributed by atoms with E-state index in [0.29, 0.717) is 12.6 Å². The third kappa shape index (κ3) is 6.51. The largest absolute Gasteiger partial charge is 0.493 e. The fourth-order valence-corrected chi connectivity index (χ4v) is 2.19. The van der Waals surface area contributed by atoms with E-state index in [1.54, 1.807) is 7.11 Å². The average Bonchev–Trinajstić information content (AvgIpc) is 2.54. The van der Waals surface area contributed by atoms with Gasteiger partial charge < -0.3 is 14.8 Å². The second-order valence-corrected chi connectivity index (χ2v) is 5.60. The normalized spacial score (nSPS) is 10.3. The van der Waals surface area contributed by atoms with Crippen LogP contribution in [0, 0.1) is 0 Å². The Morgan fingerprint density at radius 1 is 0.957 bits per heavy atom. The van der Waals surface area contributed by atoms with E-state index in [1.807, 2.05) is 30.3 Å². The van der Waals surface area contributed by atoms with E-state index < -0.39 is 0 Å². The molecule has 0 heterocycles. The summed E-state index contributed by atoms with van der Waals surface area (Å²) in [5.41, 5.74) is 2.47. The Bertz CT molecular complexity index is 573. The smallest absolute Gasteiger partial charge is 0.161 e. The third-order valence-corrected chi connectivity index (χ3v) is 3.43. The van der Waals surface area contributed by atoms with Crippen LogP contribution in [-0.2, 0) is 13.0 Å². The number of hydrogen-bond acceptors (Lipinski definition) is 3. The van der Waals surface area contributed by atoms with Crippen LogP contribution < -0.4 is 14.8 Å². The van der Waals surface area contributed by atoms with Crippen molar-refractivity contribution in [3.05, 3.63) is 59.7 Å². The molecule has 2 aromatic rings. The molecule has 0 aliphatic heterocycles. The molecule has 0 atom stereocenters. The molecule has 0 radical (unpaired) electrons. The number of nitrogens with one attached hydrogen (secondary N) is 1. The topological polar surface area (TPSA) is 30.5 Å². The molecule has 126 valence electrons. The first kappa shape index (κ1) is 19.3. The molecule has 0 saturated heterocycles. The molecular weight excluding hydrogens is 310 g/mol. The van der Waals surface area contributed by atoms with Crippen LogP contribution in [0.3, 0.4) is 0 Å². The molecule has 0 fully saturated rings. The molecule has 4 heteroatoms. The lowest BCUT2D eigenvalue weighted by atomic mass is 10.1. The van der Waals surface area contributed by atoms with Gasteiger partial charge in [-0.1, -0.05) is 50.2 Å². The van der Waals surface area contributed by atoms with E-state index in [4.69, 9.17) is 9.47 Å².